The quantitative estimate of drug-likeness (QED) is 0.603. The molecular formula is C6H7N2S2. The highest BCUT2D eigenvalue weighted by atomic mass is 32.2. The summed E-state index contributed by atoms with van der Waals surface area (Å²) in [5, 5.41) is 2.01. The van der Waals surface area contributed by atoms with Crippen molar-refractivity contribution in [3.05, 3.63) is 17.1 Å². The molecule has 0 aromatic carbocycles. The molecule has 0 N–H and O–H groups in total. The van der Waals surface area contributed by atoms with Gasteiger partial charge >= 0.3 is 0 Å². The van der Waals surface area contributed by atoms with Crippen LogP contribution >= 0.6 is 23.5 Å². The van der Waals surface area contributed by atoms with E-state index in [4.69, 9.17) is 0 Å². The average Bonchev–Trinajstić information content (AvgIpc) is 2.59. The summed E-state index contributed by atoms with van der Waals surface area (Å²) in [5.41, 5.74) is 1.15. The van der Waals surface area contributed by atoms with Gasteiger partial charge in [-0.2, -0.15) is 9.10 Å². The molecule has 0 aliphatic carbocycles. The van der Waals surface area contributed by atoms with Crippen LogP contribution < -0.4 is 4.72 Å². The van der Waals surface area contributed by atoms with Gasteiger partial charge in [-0.25, -0.2) is 0 Å². The molecule has 1 fully saturated rings. The molecule has 1 aromatic heterocycles. The highest BCUT2D eigenvalue weighted by molar-refractivity contribution is 7.97. The van der Waals surface area contributed by atoms with Gasteiger partial charge in [0.15, 0.2) is 0 Å². The first kappa shape index (κ1) is 6.64. The van der Waals surface area contributed by atoms with Gasteiger partial charge in [0.05, 0.1) is 11.7 Å². The molecule has 0 bridgehead atoms. The van der Waals surface area contributed by atoms with E-state index >= 15 is 0 Å². The Balaban J connectivity index is 2.12. The van der Waals surface area contributed by atoms with Gasteiger partial charge in [-0.05, 0) is 24.0 Å². The fourth-order valence-electron chi connectivity index (χ4n) is 0.955. The Bertz CT molecular complexity index is 192. The van der Waals surface area contributed by atoms with E-state index in [1.54, 1.807) is 11.9 Å². The molecule has 1 aliphatic heterocycles. The van der Waals surface area contributed by atoms with Crippen molar-refractivity contribution in [1.29, 1.82) is 0 Å². The first-order valence-electron chi connectivity index (χ1n) is 3.19. The molecule has 53 valence electrons. The molecule has 4 heteroatoms. The molecule has 0 amide bonds. The second kappa shape index (κ2) is 2.90. The van der Waals surface area contributed by atoms with Crippen molar-refractivity contribution >= 4 is 23.5 Å². The van der Waals surface area contributed by atoms with E-state index in [0.29, 0.717) is 6.04 Å². The molecule has 1 saturated heterocycles. The molecule has 0 saturated carbocycles. The van der Waals surface area contributed by atoms with Crippen molar-refractivity contribution in [2.24, 2.45) is 0 Å². The van der Waals surface area contributed by atoms with Crippen molar-refractivity contribution in [2.75, 3.05) is 5.75 Å². The summed E-state index contributed by atoms with van der Waals surface area (Å²) >= 11 is 3.18. The summed E-state index contributed by atoms with van der Waals surface area (Å²) in [4.78, 5) is 0. The summed E-state index contributed by atoms with van der Waals surface area (Å²) in [6, 6.07) is 2.45. The zero-order valence-electron chi connectivity index (χ0n) is 5.36. The van der Waals surface area contributed by atoms with Crippen LogP contribution in [0.1, 0.15) is 18.2 Å². The summed E-state index contributed by atoms with van der Waals surface area (Å²) < 4.78 is 8.57. The lowest BCUT2D eigenvalue weighted by atomic mass is 10.2. The van der Waals surface area contributed by atoms with Crippen LogP contribution in [0.15, 0.2) is 11.4 Å². The van der Waals surface area contributed by atoms with E-state index in [1.165, 1.54) is 11.5 Å². The fraction of sp³-hybridized carbons (Fsp3) is 0.500. The third-order valence-corrected chi connectivity index (χ3v) is 2.88. The van der Waals surface area contributed by atoms with E-state index in [1.807, 2.05) is 5.38 Å². The number of rotatable bonds is 1. The molecule has 10 heavy (non-hydrogen) atoms. The van der Waals surface area contributed by atoms with Crippen molar-refractivity contribution in [1.82, 2.24) is 9.10 Å². The van der Waals surface area contributed by atoms with E-state index in [2.05, 4.69) is 15.2 Å². The first-order chi connectivity index (χ1) is 4.97. The number of hydrogen-bond acceptors (Lipinski definition) is 3. The second-order valence-electron chi connectivity index (χ2n) is 2.17. The topological polar surface area (TPSA) is 27.0 Å². The van der Waals surface area contributed by atoms with E-state index in [-0.39, 0.29) is 0 Å². The average molecular weight is 171 g/mol. The Morgan fingerprint density at radius 2 is 2.60 bits per heavy atom. The molecule has 1 atom stereocenters. The summed E-state index contributed by atoms with van der Waals surface area (Å²) in [5.74, 6) is 1.15. The van der Waals surface area contributed by atoms with Crippen LogP contribution in [0.25, 0.3) is 0 Å². The summed E-state index contributed by atoms with van der Waals surface area (Å²) in [6.07, 6.45) is 1.16. The molecule has 1 radical (unpaired) electrons. The van der Waals surface area contributed by atoms with Crippen LogP contribution in [0.3, 0.4) is 0 Å². The van der Waals surface area contributed by atoms with Crippen LogP contribution in [0, 0.1) is 0 Å². The van der Waals surface area contributed by atoms with E-state index in [0.717, 1.165) is 17.9 Å². The Morgan fingerprint density at radius 1 is 1.60 bits per heavy atom. The lowest BCUT2D eigenvalue weighted by molar-refractivity contribution is 0.669. The zero-order valence-corrected chi connectivity index (χ0v) is 6.99. The minimum atomic E-state index is 0.385. The molecule has 2 rings (SSSR count). The number of aromatic nitrogens is 1. The molecule has 2 heterocycles. The minimum absolute atomic E-state index is 0.385. The number of hydrogen-bond donors (Lipinski definition) is 0. The predicted molar refractivity (Wildman–Crippen MR) is 44.1 cm³/mol. The maximum atomic E-state index is 4.34. The predicted octanol–water partition coefficient (Wildman–Crippen LogP) is 1.84. The monoisotopic (exact) mass is 171 g/mol. The van der Waals surface area contributed by atoms with Gasteiger partial charge in [0.25, 0.3) is 0 Å². The van der Waals surface area contributed by atoms with E-state index < -0.39 is 0 Å². The lowest BCUT2D eigenvalue weighted by Crippen LogP contribution is -2.00. The zero-order chi connectivity index (χ0) is 6.81. The van der Waals surface area contributed by atoms with Gasteiger partial charge < -0.3 is 0 Å². The molecule has 1 aromatic rings. The Labute approximate surface area is 68.3 Å². The highest BCUT2D eigenvalue weighted by Gasteiger charge is 2.19. The molecular weight excluding hydrogens is 164 g/mol. The molecule has 1 unspecified atom stereocenters. The fourth-order valence-corrected chi connectivity index (χ4v) is 2.35. The van der Waals surface area contributed by atoms with Crippen LogP contribution in [0.2, 0.25) is 0 Å². The van der Waals surface area contributed by atoms with Crippen LogP contribution in [-0.4, -0.2) is 10.1 Å². The molecule has 1 aliphatic rings. The van der Waals surface area contributed by atoms with Crippen molar-refractivity contribution in [3.63, 3.8) is 0 Å². The highest BCUT2D eigenvalue weighted by Crippen LogP contribution is 2.28. The van der Waals surface area contributed by atoms with Gasteiger partial charge in [-0.3, -0.25) is 0 Å². The van der Waals surface area contributed by atoms with Crippen molar-refractivity contribution < 1.29 is 0 Å². The summed E-state index contributed by atoms with van der Waals surface area (Å²) in [7, 11) is 0. The third-order valence-electron chi connectivity index (χ3n) is 1.48. The first-order valence-corrected chi connectivity index (χ1v) is 4.97. The van der Waals surface area contributed by atoms with Crippen molar-refractivity contribution in [2.45, 2.75) is 12.5 Å². The van der Waals surface area contributed by atoms with Crippen molar-refractivity contribution in [3.8, 4) is 0 Å². The number of nitrogens with zero attached hydrogens (tertiary/aromatic N) is 2. The molecule has 0 spiro atoms. The second-order valence-corrected chi connectivity index (χ2v) is 3.71. The normalized spacial score (nSPS) is 25.4. The van der Waals surface area contributed by atoms with Gasteiger partial charge in [-0.15, -0.1) is 0 Å². The largest absolute Gasteiger partial charge is 0.196 e. The third kappa shape index (κ3) is 1.19. The minimum Gasteiger partial charge on any atom is -0.196 e. The van der Waals surface area contributed by atoms with Gasteiger partial charge in [0.1, 0.15) is 0 Å². The van der Waals surface area contributed by atoms with E-state index in [9.17, 15) is 0 Å². The Kier molecular flexibility index (Phi) is 1.93. The van der Waals surface area contributed by atoms with Crippen LogP contribution in [0.4, 0.5) is 0 Å². The molecule has 2 nitrogen and oxygen atoms in total. The maximum absolute atomic E-state index is 4.34. The lowest BCUT2D eigenvalue weighted by Gasteiger charge is -2.00. The maximum Gasteiger partial charge on any atom is 0.0809 e. The Morgan fingerprint density at radius 3 is 3.20 bits per heavy atom. The van der Waals surface area contributed by atoms with Gasteiger partial charge in [-0.1, -0.05) is 11.9 Å². The van der Waals surface area contributed by atoms with Crippen LogP contribution in [-0.2, 0) is 0 Å². The SMILES string of the molecule is c1cc(C2CCS[N]2)ns1. The smallest absolute Gasteiger partial charge is 0.0809 e. The van der Waals surface area contributed by atoms with Gasteiger partial charge in [0.2, 0.25) is 0 Å². The standard InChI is InChI=1S/C6H7N2S2/c1-3-9-7-5(1)6-2-4-10-8-6/h1,3,6H,2,4H2. The summed E-state index contributed by atoms with van der Waals surface area (Å²) in [6.45, 7) is 0. The van der Waals surface area contributed by atoms with Crippen LogP contribution in [0.5, 0.6) is 0 Å². The van der Waals surface area contributed by atoms with Gasteiger partial charge in [0, 0.05) is 11.1 Å². The Hall–Kier alpha value is -0.0600.